The van der Waals surface area contributed by atoms with Gasteiger partial charge in [0.2, 0.25) is 0 Å². The first-order chi connectivity index (χ1) is 7.24. The Kier molecular flexibility index (Phi) is 2.73. The Balaban J connectivity index is 2.26. The topological polar surface area (TPSA) is 53.6 Å². The minimum atomic E-state index is 0.452. The van der Waals surface area contributed by atoms with Gasteiger partial charge >= 0.3 is 0 Å². The van der Waals surface area contributed by atoms with Gasteiger partial charge in [0.1, 0.15) is 11.6 Å². The molecule has 2 aromatic heterocycles. The molecule has 0 atom stereocenters. The number of aryl methyl sites for hydroxylation is 1. The molecule has 4 nitrogen and oxygen atoms in total. The van der Waals surface area contributed by atoms with E-state index in [4.69, 9.17) is 12.2 Å². The molecule has 0 saturated carbocycles. The molecule has 2 N–H and O–H groups in total. The number of hydrogen-bond acceptors (Lipinski definition) is 4. The largest absolute Gasteiger partial charge is 0.326 e. The van der Waals surface area contributed by atoms with E-state index in [0.717, 1.165) is 17.2 Å². The highest BCUT2D eigenvalue weighted by Gasteiger charge is 1.95. The zero-order chi connectivity index (χ0) is 10.7. The summed E-state index contributed by atoms with van der Waals surface area (Å²) in [5.41, 5.74) is 1.15. The number of aromatic nitrogens is 3. The Morgan fingerprint density at radius 1 is 1.27 bits per heavy atom. The molecule has 0 amide bonds. The summed E-state index contributed by atoms with van der Waals surface area (Å²) in [5, 5.41) is 3.11. The number of H-pyrrole nitrogens is 1. The van der Waals surface area contributed by atoms with Gasteiger partial charge in [-0.1, -0.05) is 0 Å². The number of hydrogen-bond donors (Lipinski definition) is 2. The molecule has 0 aliphatic rings. The minimum absolute atomic E-state index is 0.452. The first-order valence-electron chi connectivity index (χ1n) is 4.49. The van der Waals surface area contributed by atoms with Gasteiger partial charge < -0.3 is 10.3 Å². The molecule has 0 fully saturated rings. The molecule has 76 valence electrons. The van der Waals surface area contributed by atoms with Crippen LogP contribution in [-0.2, 0) is 0 Å². The first kappa shape index (κ1) is 9.79. The highest BCUT2D eigenvalue weighted by atomic mass is 32.1. The number of nitrogens with one attached hydrogen (secondary N) is 2. The molecule has 0 aromatic carbocycles. The monoisotopic (exact) mass is 218 g/mol. The van der Waals surface area contributed by atoms with Crippen molar-refractivity contribution < 1.29 is 0 Å². The summed E-state index contributed by atoms with van der Waals surface area (Å²) < 4.78 is 0.452. The van der Waals surface area contributed by atoms with E-state index in [0.29, 0.717) is 4.77 Å². The molecule has 0 saturated heterocycles. The Morgan fingerprint density at radius 3 is 2.80 bits per heavy atom. The standard InChI is InChI=1S/C10H10N4S/c1-7-2-4-11-9(6-7)13-8-3-5-12-10(15)14-8/h2-6H,1H3,(H2,11,12,13,14,15). The molecule has 0 aliphatic carbocycles. The average Bonchev–Trinajstić information content (AvgIpc) is 2.17. The molecular formula is C10H10N4S. The van der Waals surface area contributed by atoms with Crippen molar-refractivity contribution >= 4 is 23.9 Å². The minimum Gasteiger partial charge on any atom is -0.326 e. The van der Waals surface area contributed by atoms with Crippen molar-refractivity contribution in [2.24, 2.45) is 0 Å². The van der Waals surface area contributed by atoms with Crippen LogP contribution >= 0.6 is 12.2 Å². The van der Waals surface area contributed by atoms with Gasteiger partial charge in [0, 0.05) is 12.4 Å². The lowest BCUT2D eigenvalue weighted by Crippen LogP contribution is -1.96. The summed E-state index contributed by atoms with van der Waals surface area (Å²) in [6, 6.07) is 5.71. The molecule has 0 aliphatic heterocycles. The van der Waals surface area contributed by atoms with Crippen molar-refractivity contribution in [2.75, 3.05) is 5.32 Å². The second-order valence-corrected chi connectivity index (χ2v) is 3.52. The van der Waals surface area contributed by atoms with Gasteiger partial charge in [0.15, 0.2) is 4.77 Å². The molecular weight excluding hydrogens is 208 g/mol. The summed E-state index contributed by atoms with van der Waals surface area (Å²) >= 11 is 4.91. The Morgan fingerprint density at radius 2 is 2.07 bits per heavy atom. The summed E-state index contributed by atoms with van der Waals surface area (Å²) in [5.74, 6) is 1.57. The smallest absolute Gasteiger partial charge is 0.198 e. The number of aromatic amines is 1. The van der Waals surface area contributed by atoms with Crippen LogP contribution in [0.25, 0.3) is 0 Å². The first-order valence-corrected chi connectivity index (χ1v) is 4.90. The molecule has 0 spiro atoms. The van der Waals surface area contributed by atoms with Gasteiger partial charge in [-0.25, -0.2) is 9.97 Å². The van der Waals surface area contributed by atoms with Crippen LogP contribution in [0.1, 0.15) is 5.56 Å². The maximum Gasteiger partial charge on any atom is 0.198 e. The average molecular weight is 218 g/mol. The quantitative estimate of drug-likeness (QED) is 0.761. The van der Waals surface area contributed by atoms with Crippen LogP contribution in [0.15, 0.2) is 30.6 Å². The highest BCUT2D eigenvalue weighted by Crippen LogP contribution is 2.11. The Hall–Kier alpha value is -1.75. The predicted octanol–water partition coefficient (Wildman–Crippen LogP) is 2.59. The molecule has 15 heavy (non-hydrogen) atoms. The summed E-state index contributed by atoms with van der Waals surface area (Å²) in [6.07, 6.45) is 3.41. The second-order valence-electron chi connectivity index (χ2n) is 3.13. The van der Waals surface area contributed by atoms with Crippen LogP contribution in [0, 0.1) is 11.7 Å². The SMILES string of the molecule is Cc1ccnc(Nc2ccnc(=S)[nH]2)c1. The van der Waals surface area contributed by atoms with Gasteiger partial charge in [0.05, 0.1) is 0 Å². The van der Waals surface area contributed by atoms with E-state index in [1.165, 1.54) is 0 Å². The van der Waals surface area contributed by atoms with Crippen LogP contribution in [0.2, 0.25) is 0 Å². The fourth-order valence-corrected chi connectivity index (χ4v) is 1.35. The second kappa shape index (κ2) is 4.18. The fourth-order valence-electron chi connectivity index (χ4n) is 1.18. The van der Waals surface area contributed by atoms with Crippen molar-refractivity contribution in [2.45, 2.75) is 6.92 Å². The van der Waals surface area contributed by atoms with E-state index in [1.807, 2.05) is 19.1 Å². The van der Waals surface area contributed by atoms with Crippen molar-refractivity contribution in [3.8, 4) is 0 Å². The molecule has 0 radical (unpaired) electrons. The number of rotatable bonds is 2. The Bertz CT molecular complexity index is 521. The van der Waals surface area contributed by atoms with Crippen molar-refractivity contribution in [3.05, 3.63) is 40.9 Å². The maximum atomic E-state index is 4.91. The number of nitrogens with zero attached hydrogens (tertiary/aromatic N) is 2. The lowest BCUT2D eigenvalue weighted by atomic mass is 10.3. The molecule has 5 heteroatoms. The normalized spacial score (nSPS) is 9.93. The van der Waals surface area contributed by atoms with E-state index >= 15 is 0 Å². The fraction of sp³-hybridized carbons (Fsp3) is 0.100. The van der Waals surface area contributed by atoms with Gasteiger partial charge in [-0.3, -0.25) is 0 Å². The van der Waals surface area contributed by atoms with Gasteiger partial charge in [-0.15, -0.1) is 0 Å². The summed E-state index contributed by atoms with van der Waals surface area (Å²) in [7, 11) is 0. The van der Waals surface area contributed by atoms with E-state index in [-0.39, 0.29) is 0 Å². The third kappa shape index (κ3) is 2.60. The van der Waals surface area contributed by atoms with Crippen molar-refractivity contribution in [1.82, 2.24) is 15.0 Å². The third-order valence-corrected chi connectivity index (χ3v) is 2.06. The maximum absolute atomic E-state index is 4.91. The summed E-state index contributed by atoms with van der Waals surface area (Å²) in [6.45, 7) is 2.02. The number of pyridine rings is 1. The zero-order valence-electron chi connectivity index (χ0n) is 8.19. The van der Waals surface area contributed by atoms with Gasteiger partial charge in [0.25, 0.3) is 0 Å². The lowest BCUT2D eigenvalue weighted by Gasteiger charge is -2.04. The van der Waals surface area contributed by atoms with E-state index in [9.17, 15) is 0 Å². The van der Waals surface area contributed by atoms with Crippen LogP contribution in [0.5, 0.6) is 0 Å². The van der Waals surface area contributed by atoms with E-state index in [2.05, 4.69) is 20.3 Å². The predicted molar refractivity (Wildman–Crippen MR) is 61.7 cm³/mol. The summed E-state index contributed by atoms with van der Waals surface area (Å²) in [4.78, 5) is 11.0. The molecule has 2 heterocycles. The van der Waals surface area contributed by atoms with E-state index < -0.39 is 0 Å². The van der Waals surface area contributed by atoms with Crippen molar-refractivity contribution in [1.29, 1.82) is 0 Å². The van der Waals surface area contributed by atoms with Crippen LogP contribution in [0.4, 0.5) is 11.6 Å². The molecule has 0 bridgehead atoms. The van der Waals surface area contributed by atoms with E-state index in [1.54, 1.807) is 18.5 Å². The lowest BCUT2D eigenvalue weighted by molar-refractivity contribution is 1.13. The molecule has 2 rings (SSSR count). The highest BCUT2D eigenvalue weighted by molar-refractivity contribution is 7.71. The van der Waals surface area contributed by atoms with Crippen LogP contribution in [0.3, 0.4) is 0 Å². The zero-order valence-corrected chi connectivity index (χ0v) is 9.01. The Labute approximate surface area is 92.4 Å². The van der Waals surface area contributed by atoms with Crippen molar-refractivity contribution in [3.63, 3.8) is 0 Å². The third-order valence-electron chi connectivity index (χ3n) is 1.85. The van der Waals surface area contributed by atoms with Crippen LogP contribution < -0.4 is 5.32 Å². The molecule has 0 unspecified atom stereocenters. The van der Waals surface area contributed by atoms with Gasteiger partial charge in [-0.2, -0.15) is 0 Å². The van der Waals surface area contributed by atoms with Crippen LogP contribution in [-0.4, -0.2) is 15.0 Å². The van der Waals surface area contributed by atoms with Gasteiger partial charge in [-0.05, 0) is 42.9 Å². The molecule has 2 aromatic rings. The number of anilines is 2.